The van der Waals surface area contributed by atoms with Crippen LogP contribution < -0.4 is 5.32 Å². The van der Waals surface area contributed by atoms with Crippen LogP contribution in [-0.4, -0.2) is 9.97 Å². The van der Waals surface area contributed by atoms with Gasteiger partial charge in [0.15, 0.2) is 6.19 Å². The topological polar surface area (TPSA) is 64.5 Å². The van der Waals surface area contributed by atoms with E-state index in [1.165, 1.54) is 0 Å². The maximum absolute atomic E-state index is 8.02. The van der Waals surface area contributed by atoms with Gasteiger partial charge in [0.1, 0.15) is 0 Å². The molecule has 4 heteroatoms. The minimum Gasteiger partial charge on any atom is -0.330 e. The Bertz CT molecular complexity index is 182. The van der Waals surface area contributed by atoms with Crippen LogP contribution in [0.5, 0.6) is 0 Å². The Labute approximate surface area is 46.2 Å². The number of rotatable bonds is 1. The van der Waals surface area contributed by atoms with Gasteiger partial charge in [-0.2, -0.15) is 5.26 Å². The molecule has 0 aliphatic rings. The number of hydrogen-bond donors (Lipinski definition) is 2. The van der Waals surface area contributed by atoms with Gasteiger partial charge in [-0.3, -0.25) is 5.32 Å². The smallest absolute Gasteiger partial charge is 0.213 e. The zero-order valence-corrected chi connectivity index (χ0v) is 4.05. The molecule has 1 aromatic heterocycles. The van der Waals surface area contributed by atoms with Crippen molar-refractivity contribution in [3.05, 3.63) is 12.4 Å². The van der Waals surface area contributed by atoms with Crippen molar-refractivity contribution >= 4 is 5.95 Å². The molecular weight excluding hydrogens is 104 g/mol. The molecule has 1 rings (SSSR count). The second-order valence-corrected chi connectivity index (χ2v) is 1.17. The Hall–Kier alpha value is -1.50. The second kappa shape index (κ2) is 1.98. The standard InChI is InChI=1S/C4H4N4/c5-3-8-4-6-1-2-7-4/h1-2H,(H2,6,7,8). The predicted octanol–water partition coefficient (Wildman–Crippen LogP) is 0.303. The molecule has 0 saturated carbocycles. The molecule has 4 nitrogen and oxygen atoms in total. The van der Waals surface area contributed by atoms with Crippen molar-refractivity contribution in [3.63, 3.8) is 0 Å². The molecule has 1 aromatic rings. The fourth-order valence-corrected chi connectivity index (χ4v) is 0.387. The van der Waals surface area contributed by atoms with Crippen LogP contribution in [0.15, 0.2) is 12.4 Å². The first-order valence-electron chi connectivity index (χ1n) is 2.08. The van der Waals surface area contributed by atoms with Gasteiger partial charge in [-0.05, 0) is 0 Å². The van der Waals surface area contributed by atoms with E-state index in [1.807, 2.05) is 0 Å². The lowest BCUT2D eigenvalue weighted by Crippen LogP contribution is -1.87. The maximum Gasteiger partial charge on any atom is 0.213 e. The molecule has 0 atom stereocenters. The lowest BCUT2D eigenvalue weighted by Gasteiger charge is -1.82. The minimum atomic E-state index is 0.479. The summed E-state index contributed by atoms with van der Waals surface area (Å²) >= 11 is 0. The van der Waals surface area contributed by atoms with Gasteiger partial charge in [0.2, 0.25) is 5.95 Å². The fourth-order valence-electron chi connectivity index (χ4n) is 0.387. The number of H-pyrrole nitrogens is 1. The van der Waals surface area contributed by atoms with E-state index >= 15 is 0 Å². The van der Waals surface area contributed by atoms with Crippen molar-refractivity contribution in [2.45, 2.75) is 0 Å². The average molecular weight is 108 g/mol. The monoisotopic (exact) mass is 108 g/mol. The molecule has 1 heterocycles. The largest absolute Gasteiger partial charge is 0.330 e. The maximum atomic E-state index is 8.02. The Balaban J connectivity index is 2.67. The van der Waals surface area contributed by atoms with E-state index < -0.39 is 0 Å². The summed E-state index contributed by atoms with van der Waals surface area (Å²) in [5, 5.41) is 10.3. The molecule has 0 spiro atoms. The van der Waals surface area contributed by atoms with Gasteiger partial charge < -0.3 is 4.98 Å². The van der Waals surface area contributed by atoms with Gasteiger partial charge in [-0.15, -0.1) is 0 Å². The Morgan fingerprint density at radius 3 is 3.25 bits per heavy atom. The van der Waals surface area contributed by atoms with Crippen molar-refractivity contribution in [3.8, 4) is 6.19 Å². The summed E-state index contributed by atoms with van der Waals surface area (Å²) in [6, 6.07) is 0. The van der Waals surface area contributed by atoms with Gasteiger partial charge in [-0.1, -0.05) is 0 Å². The van der Waals surface area contributed by atoms with Crippen molar-refractivity contribution in [1.82, 2.24) is 9.97 Å². The summed E-state index contributed by atoms with van der Waals surface area (Å²) < 4.78 is 0. The van der Waals surface area contributed by atoms with E-state index in [4.69, 9.17) is 5.26 Å². The van der Waals surface area contributed by atoms with Crippen LogP contribution >= 0.6 is 0 Å². The minimum absolute atomic E-state index is 0.479. The van der Waals surface area contributed by atoms with Crippen LogP contribution in [0.3, 0.4) is 0 Å². The highest BCUT2D eigenvalue weighted by Crippen LogP contribution is 1.90. The van der Waals surface area contributed by atoms with Crippen LogP contribution in [-0.2, 0) is 0 Å². The first-order valence-corrected chi connectivity index (χ1v) is 2.08. The van der Waals surface area contributed by atoms with Gasteiger partial charge in [0.05, 0.1) is 0 Å². The fraction of sp³-hybridized carbons (Fsp3) is 0. The number of nitriles is 1. The van der Waals surface area contributed by atoms with E-state index in [1.54, 1.807) is 18.6 Å². The molecule has 40 valence electrons. The lowest BCUT2D eigenvalue weighted by atomic mass is 11.0. The number of hydrogen-bond acceptors (Lipinski definition) is 3. The highest BCUT2D eigenvalue weighted by molar-refractivity contribution is 5.28. The van der Waals surface area contributed by atoms with Crippen molar-refractivity contribution < 1.29 is 0 Å². The Morgan fingerprint density at radius 2 is 2.75 bits per heavy atom. The number of aromatic nitrogens is 2. The van der Waals surface area contributed by atoms with Crippen molar-refractivity contribution in [2.24, 2.45) is 0 Å². The summed E-state index contributed by atoms with van der Waals surface area (Å²) in [5.74, 6) is 0.479. The molecule has 0 aliphatic carbocycles. The summed E-state index contributed by atoms with van der Waals surface area (Å²) in [6.07, 6.45) is 4.93. The third kappa shape index (κ3) is 0.763. The predicted molar refractivity (Wildman–Crippen MR) is 27.8 cm³/mol. The molecule has 0 bridgehead atoms. The average Bonchev–Trinajstić information content (AvgIpc) is 2.19. The van der Waals surface area contributed by atoms with Gasteiger partial charge in [-0.25, -0.2) is 4.98 Å². The molecule has 0 saturated heterocycles. The van der Waals surface area contributed by atoms with E-state index in [2.05, 4.69) is 15.3 Å². The molecule has 0 amide bonds. The van der Waals surface area contributed by atoms with E-state index in [0.29, 0.717) is 5.95 Å². The van der Waals surface area contributed by atoms with Crippen LogP contribution in [0.1, 0.15) is 0 Å². The summed E-state index contributed by atoms with van der Waals surface area (Å²) in [7, 11) is 0. The van der Waals surface area contributed by atoms with E-state index in [9.17, 15) is 0 Å². The number of anilines is 1. The molecule has 0 fully saturated rings. The first kappa shape index (κ1) is 4.65. The van der Waals surface area contributed by atoms with E-state index in [0.717, 1.165) is 0 Å². The van der Waals surface area contributed by atoms with Crippen LogP contribution in [0.25, 0.3) is 0 Å². The van der Waals surface area contributed by atoms with E-state index in [-0.39, 0.29) is 0 Å². The molecule has 8 heavy (non-hydrogen) atoms. The third-order valence-corrected chi connectivity index (χ3v) is 0.673. The molecule has 0 aromatic carbocycles. The summed E-state index contributed by atoms with van der Waals surface area (Å²) in [6.45, 7) is 0. The van der Waals surface area contributed by atoms with Gasteiger partial charge in [0.25, 0.3) is 0 Å². The zero-order chi connectivity index (χ0) is 5.82. The summed E-state index contributed by atoms with van der Waals surface area (Å²) in [4.78, 5) is 6.41. The molecular formula is C4H4N4. The third-order valence-electron chi connectivity index (χ3n) is 0.673. The summed E-state index contributed by atoms with van der Waals surface area (Å²) in [5.41, 5.74) is 0. The van der Waals surface area contributed by atoms with Gasteiger partial charge in [0, 0.05) is 12.4 Å². The molecule has 2 N–H and O–H groups in total. The lowest BCUT2D eigenvalue weighted by molar-refractivity contribution is 1.28. The molecule has 0 aliphatic heterocycles. The number of nitrogens with one attached hydrogen (secondary N) is 2. The first-order chi connectivity index (χ1) is 3.93. The van der Waals surface area contributed by atoms with Gasteiger partial charge >= 0.3 is 0 Å². The highest BCUT2D eigenvalue weighted by atomic mass is 15.1. The van der Waals surface area contributed by atoms with Crippen molar-refractivity contribution in [1.29, 1.82) is 5.26 Å². The zero-order valence-electron chi connectivity index (χ0n) is 4.05. The number of imidazole rings is 1. The number of aromatic amines is 1. The second-order valence-electron chi connectivity index (χ2n) is 1.17. The SMILES string of the molecule is N#CNc1ncc[nH]1. The Kier molecular flexibility index (Phi) is 1.15. The number of nitrogens with zero attached hydrogens (tertiary/aromatic N) is 2. The normalized spacial score (nSPS) is 7.88. The molecule has 0 unspecified atom stereocenters. The van der Waals surface area contributed by atoms with Crippen LogP contribution in [0.2, 0.25) is 0 Å². The Morgan fingerprint density at radius 1 is 1.88 bits per heavy atom. The van der Waals surface area contributed by atoms with Crippen LogP contribution in [0.4, 0.5) is 5.95 Å². The quantitative estimate of drug-likeness (QED) is 0.401. The van der Waals surface area contributed by atoms with Crippen molar-refractivity contribution in [2.75, 3.05) is 5.32 Å². The van der Waals surface area contributed by atoms with Crippen LogP contribution in [0, 0.1) is 11.5 Å². The highest BCUT2D eigenvalue weighted by Gasteiger charge is 1.84. The molecule has 0 radical (unpaired) electrons.